The number of carbonyl (C=O) groups is 1. The molecule has 0 aliphatic carbocycles. The molecule has 4 rings (SSSR count). The van der Waals surface area contributed by atoms with Crippen LogP contribution in [0.15, 0.2) is 53.4 Å². The second-order valence-corrected chi connectivity index (χ2v) is 11.5. The van der Waals surface area contributed by atoms with Gasteiger partial charge < -0.3 is 20.7 Å². The van der Waals surface area contributed by atoms with Crippen molar-refractivity contribution in [2.75, 3.05) is 19.0 Å². The van der Waals surface area contributed by atoms with E-state index in [4.69, 9.17) is 27.9 Å². The van der Waals surface area contributed by atoms with E-state index in [0.717, 1.165) is 17.7 Å². The van der Waals surface area contributed by atoms with E-state index >= 15 is 0 Å². The summed E-state index contributed by atoms with van der Waals surface area (Å²) in [4.78, 5) is 12.6. The van der Waals surface area contributed by atoms with Crippen LogP contribution in [-0.4, -0.2) is 28.1 Å². The molecule has 37 heavy (non-hydrogen) atoms. The van der Waals surface area contributed by atoms with Crippen LogP contribution in [0.5, 0.6) is 5.75 Å². The van der Waals surface area contributed by atoms with E-state index in [1.54, 1.807) is 31.2 Å². The maximum Gasteiger partial charge on any atom is 0.319 e. The van der Waals surface area contributed by atoms with E-state index in [0.29, 0.717) is 28.6 Å². The van der Waals surface area contributed by atoms with Gasteiger partial charge in [-0.2, -0.15) is 0 Å². The quantitative estimate of drug-likeness (QED) is 0.344. The molecule has 7 nitrogen and oxygen atoms in total. The van der Waals surface area contributed by atoms with Crippen LogP contribution in [0.1, 0.15) is 35.2 Å². The highest BCUT2D eigenvalue weighted by atomic mass is 35.5. The lowest BCUT2D eigenvalue weighted by Gasteiger charge is -2.19. The van der Waals surface area contributed by atoms with Gasteiger partial charge in [-0.3, -0.25) is 0 Å². The average Bonchev–Trinajstić information content (AvgIpc) is 2.86. The summed E-state index contributed by atoms with van der Waals surface area (Å²) in [5.74, 6) is -0.906. The first-order valence-corrected chi connectivity index (χ1v) is 13.9. The molecule has 0 saturated heterocycles. The molecule has 1 heterocycles. The smallest absolute Gasteiger partial charge is 0.319 e. The topological polar surface area (TPSA) is 96.5 Å². The average molecular weight is 566 g/mol. The van der Waals surface area contributed by atoms with Crippen LogP contribution in [0.3, 0.4) is 0 Å². The highest BCUT2D eigenvalue weighted by Gasteiger charge is 2.22. The number of ether oxygens (including phenoxy) is 1. The zero-order chi connectivity index (χ0) is 26.7. The minimum absolute atomic E-state index is 0.0480. The molecule has 2 amide bonds. The molecular weight excluding hydrogens is 540 g/mol. The number of sulfone groups is 1. The molecule has 0 bridgehead atoms. The number of halogens is 3. The summed E-state index contributed by atoms with van der Waals surface area (Å²) in [5, 5.41) is 9.31. The van der Waals surface area contributed by atoms with Crippen LogP contribution in [0.4, 0.5) is 14.9 Å². The highest BCUT2D eigenvalue weighted by molar-refractivity contribution is 7.90. The van der Waals surface area contributed by atoms with Gasteiger partial charge in [0.2, 0.25) is 0 Å². The molecule has 1 unspecified atom stereocenters. The van der Waals surface area contributed by atoms with Crippen molar-refractivity contribution in [1.29, 1.82) is 0 Å². The number of amides is 2. The summed E-state index contributed by atoms with van der Waals surface area (Å²) >= 11 is 12.3. The van der Waals surface area contributed by atoms with Crippen molar-refractivity contribution in [1.82, 2.24) is 10.6 Å². The number of hydrogen-bond donors (Lipinski definition) is 3. The van der Waals surface area contributed by atoms with Gasteiger partial charge in [0.25, 0.3) is 0 Å². The van der Waals surface area contributed by atoms with Crippen molar-refractivity contribution in [3.05, 3.63) is 86.6 Å². The molecule has 1 atom stereocenters. The molecule has 0 radical (unpaired) electrons. The zero-order valence-corrected chi connectivity index (χ0v) is 22.5. The van der Waals surface area contributed by atoms with Crippen molar-refractivity contribution in [3.63, 3.8) is 0 Å². The summed E-state index contributed by atoms with van der Waals surface area (Å²) in [7, 11) is -2.53. The molecule has 3 N–H and O–H groups in total. The van der Waals surface area contributed by atoms with Gasteiger partial charge in [0, 0.05) is 18.2 Å². The Hall–Kier alpha value is -2.85. The molecule has 0 fully saturated rings. The molecule has 1 aliphatic heterocycles. The monoisotopic (exact) mass is 565 g/mol. The molecule has 11 heteroatoms. The Kier molecular flexibility index (Phi) is 8.28. The predicted molar refractivity (Wildman–Crippen MR) is 143 cm³/mol. The van der Waals surface area contributed by atoms with Crippen LogP contribution >= 0.6 is 23.2 Å². The fraction of sp³-hybridized carbons (Fsp3) is 0.269. The van der Waals surface area contributed by atoms with E-state index in [-0.39, 0.29) is 21.9 Å². The van der Waals surface area contributed by atoms with Gasteiger partial charge in [-0.1, -0.05) is 41.4 Å². The summed E-state index contributed by atoms with van der Waals surface area (Å²) < 4.78 is 46.2. The zero-order valence-electron chi connectivity index (χ0n) is 20.2. The summed E-state index contributed by atoms with van der Waals surface area (Å²) in [6.07, 6.45) is 0.709. The van der Waals surface area contributed by atoms with Crippen molar-refractivity contribution in [2.45, 2.75) is 36.6 Å². The predicted octanol–water partition coefficient (Wildman–Crippen LogP) is 5.64. The minimum atomic E-state index is -3.90. The maximum absolute atomic E-state index is 14.7. The number of benzene rings is 3. The van der Waals surface area contributed by atoms with Crippen LogP contribution in [0, 0.1) is 5.82 Å². The van der Waals surface area contributed by atoms with E-state index in [1.165, 1.54) is 31.4 Å². The van der Waals surface area contributed by atoms with E-state index in [9.17, 15) is 17.6 Å². The van der Waals surface area contributed by atoms with Crippen molar-refractivity contribution in [2.24, 2.45) is 0 Å². The van der Waals surface area contributed by atoms with Gasteiger partial charge in [-0.05, 0) is 60.8 Å². The van der Waals surface area contributed by atoms with Crippen LogP contribution < -0.4 is 20.7 Å². The third kappa shape index (κ3) is 6.18. The SMILES string of the molecule is COc1cc(S(=O)(=O)Cc2cc3c(cc2F)CNCC3)ccc1NC(=O)NC(C)c1cccc(Cl)c1Cl. The normalized spacial score (nSPS) is 14.0. The standard InChI is InChI=1S/C26H26Cl2FN3O4S/c1-15(20-4-3-5-21(27)25(20)28)31-26(33)32-23-7-6-19(12-24(23)36-2)37(34,35)14-18-10-16-8-9-30-13-17(16)11-22(18)29/h3-7,10-12,15,30H,8-9,13-14H2,1-2H3,(H2,31,32,33). The lowest BCUT2D eigenvalue weighted by molar-refractivity contribution is 0.249. The fourth-order valence-electron chi connectivity index (χ4n) is 4.21. The summed E-state index contributed by atoms with van der Waals surface area (Å²) in [5.41, 5.74) is 2.81. The second kappa shape index (κ2) is 11.3. The van der Waals surface area contributed by atoms with Gasteiger partial charge in [-0.25, -0.2) is 17.6 Å². The fourth-order valence-corrected chi connectivity index (χ4v) is 6.04. The Morgan fingerprint density at radius 2 is 1.95 bits per heavy atom. The molecular formula is C26H26Cl2FN3O4S. The van der Waals surface area contributed by atoms with E-state index in [1.807, 2.05) is 0 Å². The Labute approximate surface area is 225 Å². The van der Waals surface area contributed by atoms with E-state index in [2.05, 4.69) is 16.0 Å². The summed E-state index contributed by atoms with van der Waals surface area (Å²) in [6.45, 7) is 3.07. The third-order valence-corrected chi connectivity index (χ3v) is 8.67. The van der Waals surface area contributed by atoms with Gasteiger partial charge >= 0.3 is 6.03 Å². The van der Waals surface area contributed by atoms with Crippen LogP contribution in [0.25, 0.3) is 0 Å². The lowest BCUT2D eigenvalue weighted by Crippen LogP contribution is -2.31. The van der Waals surface area contributed by atoms with Crippen LogP contribution in [0.2, 0.25) is 10.0 Å². The Morgan fingerprint density at radius 3 is 2.70 bits per heavy atom. The molecule has 3 aromatic rings. The maximum atomic E-state index is 14.7. The number of nitrogens with one attached hydrogen (secondary N) is 3. The largest absolute Gasteiger partial charge is 0.495 e. The Morgan fingerprint density at radius 1 is 1.16 bits per heavy atom. The number of hydrogen-bond acceptors (Lipinski definition) is 5. The molecule has 1 aliphatic rings. The van der Waals surface area contributed by atoms with Gasteiger partial charge in [0.05, 0.1) is 39.5 Å². The second-order valence-electron chi connectivity index (χ2n) is 8.72. The van der Waals surface area contributed by atoms with Crippen molar-refractivity contribution in [3.8, 4) is 5.75 Å². The first kappa shape index (κ1) is 27.2. The highest BCUT2D eigenvalue weighted by Crippen LogP contribution is 2.32. The molecule has 0 saturated carbocycles. The number of fused-ring (bicyclic) bond motifs is 1. The number of carbonyl (C=O) groups excluding carboxylic acids is 1. The molecule has 0 spiro atoms. The van der Waals surface area contributed by atoms with Gasteiger partial charge in [0.1, 0.15) is 11.6 Å². The van der Waals surface area contributed by atoms with Gasteiger partial charge in [-0.15, -0.1) is 0 Å². The number of urea groups is 1. The first-order chi connectivity index (χ1) is 17.6. The van der Waals surface area contributed by atoms with Crippen molar-refractivity contribution >= 4 is 44.8 Å². The van der Waals surface area contributed by atoms with Crippen LogP contribution in [-0.2, 0) is 28.6 Å². The Balaban J connectivity index is 1.50. The molecule has 0 aromatic heterocycles. The summed E-state index contributed by atoms with van der Waals surface area (Å²) in [6, 6.07) is 11.2. The third-order valence-electron chi connectivity index (χ3n) is 6.18. The Bertz CT molecular complexity index is 1450. The van der Waals surface area contributed by atoms with Crippen molar-refractivity contribution < 1.29 is 22.3 Å². The lowest BCUT2D eigenvalue weighted by atomic mass is 9.98. The number of anilines is 1. The first-order valence-electron chi connectivity index (χ1n) is 11.5. The molecule has 3 aromatic carbocycles. The number of rotatable bonds is 7. The van der Waals surface area contributed by atoms with E-state index < -0.39 is 33.5 Å². The molecule has 196 valence electrons. The minimum Gasteiger partial charge on any atom is -0.495 e. The number of methoxy groups -OCH3 is 1. The van der Waals surface area contributed by atoms with Gasteiger partial charge in [0.15, 0.2) is 9.84 Å².